The number of amides is 2. The maximum atomic E-state index is 12.0. The summed E-state index contributed by atoms with van der Waals surface area (Å²) in [6.07, 6.45) is 7.41. The molecule has 562 valence electrons. The minimum atomic E-state index is -0.300. The Labute approximate surface area is 620 Å². The minimum Gasteiger partial charge on any atom is -0.491 e. The second kappa shape index (κ2) is 53.0. The molecule has 0 spiro atoms. The molecule has 7 unspecified atom stereocenters. The van der Waals surface area contributed by atoms with Crippen LogP contribution in [0.1, 0.15) is 142 Å². The summed E-state index contributed by atoms with van der Waals surface area (Å²) in [5.41, 5.74) is 4.02. The Kier molecular flexibility index (Phi) is 44.7. The third-order valence-electron chi connectivity index (χ3n) is 17.2. The average Bonchev–Trinajstić information content (AvgIpc) is 1.63. The van der Waals surface area contributed by atoms with Gasteiger partial charge in [0, 0.05) is 55.2 Å². The Morgan fingerprint density at radius 3 is 1.29 bits per heavy atom. The molecule has 16 heteroatoms. The van der Waals surface area contributed by atoms with Crippen LogP contribution in [0.25, 0.3) is 21.5 Å². The first-order chi connectivity index (χ1) is 50.7. The minimum absolute atomic E-state index is 0.0161. The van der Waals surface area contributed by atoms with Crippen LogP contribution in [0.5, 0.6) is 17.2 Å². The average molecular weight is 1430 g/mol. The normalized spacial score (nSPS) is 13.2. The van der Waals surface area contributed by atoms with Crippen LogP contribution in [0, 0.1) is 0 Å². The second-order valence-corrected chi connectivity index (χ2v) is 24.1. The van der Waals surface area contributed by atoms with Crippen molar-refractivity contribution in [1.29, 1.82) is 0 Å². The molecule has 1 aliphatic rings. The quantitative estimate of drug-likeness (QED) is 0.0281. The number of carbonyl (C=O) groups is 3. The molecule has 0 saturated carbocycles. The van der Waals surface area contributed by atoms with Crippen molar-refractivity contribution in [3.8, 4) is 17.2 Å². The van der Waals surface area contributed by atoms with Crippen LogP contribution in [0.3, 0.4) is 0 Å². The molecule has 0 fully saturated rings. The number of carbonyl (C=O) groups excluding carboxylic acids is 3. The number of ether oxygens (including phenoxy) is 12. The zero-order valence-corrected chi connectivity index (χ0v) is 64.0. The molecular weight excluding hydrogens is 1310 g/mol. The van der Waals surface area contributed by atoms with E-state index in [0.29, 0.717) is 62.9 Å². The van der Waals surface area contributed by atoms with Crippen LogP contribution in [0.4, 0.5) is 0 Å². The third-order valence-corrected chi connectivity index (χ3v) is 17.2. The van der Waals surface area contributed by atoms with E-state index in [4.69, 9.17) is 56.8 Å². The van der Waals surface area contributed by atoms with Crippen molar-refractivity contribution in [2.24, 2.45) is 0 Å². The molecule has 9 aromatic carbocycles. The Balaban J connectivity index is 0.000000258. The van der Waals surface area contributed by atoms with Gasteiger partial charge in [-0.2, -0.15) is 0 Å². The van der Waals surface area contributed by atoms with Crippen molar-refractivity contribution >= 4 is 39.3 Å². The molecule has 0 bridgehead atoms. The lowest BCUT2D eigenvalue weighted by Crippen LogP contribution is -2.37. The number of imide groups is 1. The van der Waals surface area contributed by atoms with Crippen molar-refractivity contribution < 1.29 is 71.2 Å². The first kappa shape index (κ1) is 87.6. The summed E-state index contributed by atoms with van der Waals surface area (Å²) in [6, 6.07) is 74.9. The van der Waals surface area contributed by atoms with Crippen molar-refractivity contribution in [1.82, 2.24) is 4.90 Å². The van der Waals surface area contributed by atoms with E-state index in [-0.39, 0.29) is 60.5 Å². The van der Waals surface area contributed by atoms with E-state index < -0.39 is 0 Å². The number of benzene rings is 9. The molecule has 16 nitrogen and oxygen atoms in total. The fourth-order valence-corrected chi connectivity index (χ4v) is 10.3. The molecular formula is C88H115NO15. The monoisotopic (exact) mass is 1430 g/mol. The Morgan fingerprint density at radius 1 is 0.356 bits per heavy atom. The van der Waals surface area contributed by atoms with Crippen LogP contribution in [0.2, 0.25) is 0 Å². The first-order valence-corrected chi connectivity index (χ1v) is 36.2. The zero-order valence-electron chi connectivity index (χ0n) is 64.0. The molecule has 0 aliphatic carbocycles. The molecule has 0 N–H and O–H groups in total. The molecule has 104 heavy (non-hydrogen) atoms. The summed E-state index contributed by atoms with van der Waals surface area (Å²) in [5.74, 6) is 1.99. The number of hydrogen-bond donors (Lipinski definition) is 0. The lowest BCUT2D eigenvalue weighted by Gasteiger charge is -2.20. The van der Waals surface area contributed by atoms with Gasteiger partial charge in [-0.15, -0.1) is 0 Å². The van der Waals surface area contributed by atoms with Gasteiger partial charge >= 0.3 is 5.97 Å². The van der Waals surface area contributed by atoms with Crippen molar-refractivity contribution in [3.05, 3.63) is 258 Å². The van der Waals surface area contributed by atoms with E-state index >= 15 is 0 Å². The highest BCUT2D eigenvalue weighted by atomic mass is 16.6. The van der Waals surface area contributed by atoms with E-state index in [1.807, 2.05) is 141 Å². The van der Waals surface area contributed by atoms with Gasteiger partial charge in [-0.3, -0.25) is 14.5 Å². The highest BCUT2D eigenvalue weighted by Crippen LogP contribution is 2.27. The fraction of sp³-hybridized carbons (Fsp3) is 0.398. The van der Waals surface area contributed by atoms with Crippen molar-refractivity contribution in [3.63, 3.8) is 0 Å². The van der Waals surface area contributed by atoms with Gasteiger partial charge in [-0.1, -0.05) is 224 Å². The predicted molar refractivity (Wildman–Crippen MR) is 418 cm³/mol. The summed E-state index contributed by atoms with van der Waals surface area (Å²) in [6.45, 7) is 18.2. The maximum absolute atomic E-state index is 12.0. The van der Waals surface area contributed by atoms with E-state index in [1.54, 1.807) is 86.2 Å². The number of fused-ring (bicyclic) bond motifs is 3. The first-order valence-electron chi connectivity index (χ1n) is 36.2. The summed E-state index contributed by atoms with van der Waals surface area (Å²) in [5, 5.41) is 4.80. The molecule has 1 aliphatic heterocycles. The van der Waals surface area contributed by atoms with Gasteiger partial charge < -0.3 is 56.8 Å². The summed E-state index contributed by atoms with van der Waals surface area (Å²) in [4.78, 5) is 36.8. The van der Waals surface area contributed by atoms with E-state index in [9.17, 15) is 14.4 Å². The number of esters is 1. The second-order valence-electron chi connectivity index (χ2n) is 24.1. The lowest BCUT2D eigenvalue weighted by atomic mass is 10.1. The van der Waals surface area contributed by atoms with E-state index in [1.165, 1.54) is 32.2 Å². The molecule has 1 heterocycles. The van der Waals surface area contributed by atoms with Crippen LogP contribution in [-0.4, -0.2) is 149 Å². The predicted octanol–water partition coefficient (Wildman–Crippen LogP) is 19.2. The van der Waals surface area contributed by atoms with Crippen molar-refractivity contribution in [2.75, 3.05) is 89.3 Å². The number of methoxy groups -OCH3 is 7. The molecule has 0 radical (unpaired) electrons. The topological polar surface area (TPSA) is 165 Å². The highest BCUT2D eigenvalue weighted by Gasteiger charge is 2.36. The van der Waals surface area contributed by atoms with Crippen LogP contribution < -0.4 is 14.2 Å². The largest absolute Gasteiger partial charge is 0.491 e. The Morgan fingerprint density at radius 2 is 0.779 bits per heavy atom. The van der Waals surface area contributed by atoms with Gasteiger partial charge in [0.2, 0.25) is 0 Å². The van der Waals surface area contributed by atoms with E-state index in [0.717, 1.165) is 67.6 Å². The molecule has 7 atom stereocenters. The highest BCUT2D eigenvalue weighted by molar-refractivity contribution is 6.21. The van der Waals surface area contributed by atoms with Gasteiger partial charge in [0.15, 0.2) is 0 Å². The zero-order chi connectivity index (χ0) is 75.5. The summed E-state index contributed by atoms with van der Waals surface area (Å²) in [7, 11) is 11.8. The number of rotatable bonds is 33. The number of para-hydroxylation sites is 1. The van der Waals surface area contributed by atoms with Crippen LogP contribution in [0.15, 0.2) is 231 Å². The third kappa shape index (κ3) is 32.1. The smallest absolute Gasteiger partial charge is 0.338 e. The molecule has 0 aromatic heterocycles. The summed E-state index contributed by atoms with van der Waals surface area (Å²) >= 11 is 0. The molecule has 2 amide bonds. The fourth-order valence-electron chi connectivity index (χ4n) is 10.3. The van der Waals surface area contributed by atoms with Gasteiger partial charge in [0.1, 0.15) is 43.7 Å². The number of hydrogen-bond acceptors (Lipinski definition) is 15. The Bertz CT molecular complexity index is 3620. The molecule has 0 saturated heterocycles. The van der Waals surface area contributed by atoms with Gasteiger partial charge in [0.05, 0.1) is 79.2 Å². The van der Waals surface area contributed by atoms with Crippen molar-refractivity contribution in [2.45, 2.75) is 143 Å². The maximum Gasteiger partial charge on any atom is 0.338 e. The number of nitrogens with zero attached hydrogens (tertiary/aromatic N) is 1. The van der Waals surface area contributed by atoms with Gasteiger partial charge in [0.25, 0.3) is 11.8 Å². The molecule has 10 rings (SSSR count). The van der Waals surface area contributed by atoms with E-state index in [2.05, 4.69) is 101 Å². The SMILES string of the molecule is CCC(CN1C(=O)c2ccccc2C1=O)OC.CCC(COC(=O)c1ccccc1)OC.CCC(COCc1ccccc1)OC.CCC(COc1ccc2ccccc2c1)OC.CCC(COc1cccc2ccccc12)OC.CCC(COc1ccccc1)OC.CCC(OC)c1ccccc1. The van der Waals surface area contributed by atoms with Crippen LogP contribution in [-0.2, 0) is 49.2 Å². The molecule has 9 aromatic rings. The van der Waals surface area contributed by atoms with Gasteiger partial charge in [-0.05, 0) is 127 Å². The van der Waals surface area contributed by atoms with Gasteiger partial charge in [-0.25, -0.2) is 4.79 Å². The Hall–Kier alpha value is -8.81. The standard InChI is InChI=1S/2C15H18O2.C13H15NO3.C12H16O3.C12H18O2.C11H16O2.C10H14O/c1-3-13(16-2)11-17-15-10-6-8-12-7-4-5-9-14(12)15;1-3-14(16-2)11-17-15-9-8-12-6-4-5-7-13(12)10-15;1-3-9(17-2)8-14-12(15)10-6-4-5-7-11(10)13(14)16;1-3-11(14-2)9-15-12(13)10-7-5-4-6-8-10;1-3-12(13-2)10-14-9-11-7-5-4-6-8-11;1-3-10(12-2)9-13-11-7-5-4-6-8-11;1-3-10(11-2)9-7-5-4-6-8-9/h4-10,13H,3,11H2,1-2H3;4-10,14H,3,11H2,1-2H3;4-7,9H,3,8H2,1-2H3;4-8,11H,3,9H2,1-2H3;4-8,12H,3,9-10H2,1-2H3;4-8,10H,3,9H2,1-2H3;4-8,10H,3H2,1-2H3. The van der Waals surface area contributed by atoms with Crippen LogP contribution >= 0.6 is 0 Å². The lowest BCUT2D eigenvalue weighted by molar-refractivity contribution is 0.000533. The summed E-state index contributed by atoms with van der Waals surface area (Å²) < 4.78 is 64.3.